The summed E-state index contributed by atoms with van der Waals surface area (Å²) in [5.74, 6) is 1.17. The molecule has 2 rings (SSSR count). The molecule has 1 amide bonds. The lowest BCUT2D eigenvalue weighted by Gasteiger charge is -2.09. The Hall–Kier alpha value is -2.69. The smallest absolute Gasteiger partial charge is 0.258 e. The second kappa shape index (κ2) is 7.79. The van der Waals surface area contributed by atoms with E-state index in [0.29, 0.717) is 30.3 Å². The molecule has 0 aromatic heterocycles. The van der Waals surface area contributed by atoms with Gasteiger partial charge in [0.2, 0.25) is 0 Å². The van der Waals surface area contributed by atoms with E-state index in [-0.39, 0.29) is 12.5 Å². The van der Waals surface area contributed by atoms with E-state index in [0.717, 1.165) is 0 Å². The van der Waals surface area contributed by atoms with E-state index in [2.05, 4.69) is 5.32 Å². The Morgan fingerprint density at radius 3 is 2.52 bits per heavy atom. The second-order valence-corrected chi connectivity index (χ2v) is 4.37. The summed E-state index contributed by atoms with van der Waals surface area (Å²) in [5.41, 5.74) is 6.29. The minimum atomic E-state index is -0.185. The molecule has 2 aromatic rings. The van der Waals surface area contributed by atoms with Crippen LogP contribution in [0.4, 0.5) is 5.69 Å². The first-order valence-corrected chi connectivity index (χ1v) is 6.67. The van der Waals surface area contributed by atoms with Crippen LogP contribution < -0.4 is 20.5 Å². The van der Waals surface area contributed by atoms with E-state index >= 15 is 0 Å². The van der Waals surface area contributed by atoms with Gasteiger partial charge in [-0.3, -0.25) is 4.79 Å². The first-order valence-electron chi connectivity index (χ1n) is 6.67. The molecular weight excluding hydrogens is 268 g/mol. The number of carbonyl (C=O) groups is 1. The van der Waals surface area contributed by atoms with Crippen LogP contribution in [0, 0.1) is 0 Å². The van der Waals surface area contributed by atoms with Gasteiger partial charge in [-0.2, -0.15) is 0 Å². The van der Waals surface area contributed by atoms with Gasteiger partial charge in [0, 0.05) is 11.8 Å². The zero-order valence-corrected chi connectivity index (χ0v) is 11.6. The van der Waals surface area contributed by atoms with Crippen molar-refractivity contribution in [2.24, 2.45) is 0 Å². The standard InChI is InChI=1S/C16H18N2O3/c17-13-5-4-8-15(11-13)20-10-9-18-16(19)12-21-14-6-2-1-3-7-14/h1-8,11H,9-10,12,17H2,(H,18,19). The van der Waals surface area contributed by atoms with Gasteiger partial charge in [-0.1, -0.05) is 24.3 Å². The summed E-state index contributed by atoms with van der Waals surface area (Å²) >= 11 is 0. The first-order chi connectivity index (χ1) is 10.2. The van der Waals surface area contributed by atoms with Gasteiger partial charge in [0.05, 0.1) is 6.54 Å². The van der Waals surface area contributed by atoms with Gasteiger partial charge < -0.3 is 20.5 Å². The van der Waals surface area contributed by atoms with Gasteiger partial charge in [0.15, 0.2) is 6.61 Å². The van der Waals surface area contributed by atoms with E-state index < -0.39 is 0 Å². The molecule has 2 aromatic carbocycles. The summed E-state index contributed by atoms with van der Waals surface area (Å²) in [6.07, 6.45) is 0. The summed E-state index contributed by atoms with van der Waals surface area (Å²) in [7, 11) is 0. The van der Waals surface area contributed by atoms with E-state index in [9.17, 15) is 4.79 Å². The molecule has 21 heavy (non-hydrogen) atoms. The Balaban J connectivity index is 1.61. The van der Waals surface area contributed by atoms with Crippen LogP contribution in [0.15, 0.2) is 54.6 Å². The molecule has 0 saturated carbocycles. The van der Waals surface area contributed by atoms with Crippen molar-refractivity contribution in [1.29, 1.82) is 0 Å². The highest BCUT2D eigenvalue weighted by Gasteiger charge is 2.02. The Labute approximate surface area is 123 Å². The number of rotatable bonds is 7. The van der Waals surface area contributed by atoms with Crippen molar-refractivity contribution in [3.63, 3.8) is 0 Å². The molecule has 0 spiro atoms. The minimum absolute atomic E-state index is 0.0116. The molecule has 0 saturated heterocycles. The van der Waals surface area contributed by atoms with E-state index in [1.807, 2.05) is 30.3 Å². The lowest BCUT2D eigenvalue weighted by Crippen LogP contribution is -2.32. The average molecular weight is 286 g/mol. The fourth-order valence-corrected chi connectivity index (χ4v) is 1.68. The monoisotopic (exact) mass is 286 g/mol. The quantitative estimate of drug-likeness (QED) is 0.601. The highest BCUT2D eigenvalue weighted by Crippen LogP contribution is 2.13. The summed E-state index contributed by atoms with van der Waals surface area (Å²) in [5, 5.41) is 2.72. The summed E-state index contributed by atoms with van der Waals surface area (Å²) in [4.78, 5) is 11.6. The lowest BCUT2D eigenvalue weighted by atomic mass is 10.3. The van der Waals surface area contributed by atoms with Gasteiger partial charge in [-0.05, 0) is 24.3 Å². The van der Waals surface area contributed by atoms with Crippen molar-refractivity contribution in [2.75, 3.05) is 25.5 Å². The zero-order chi connectivity index (χ0) is 14.9. The number of amides is 1. The number of nitrogen functional groups attached to an aromatic ring is 1. The van der Waals surface area contributed by atoms with Crippen molar-refractivity contribution in [1.82, 2.24) is 5.32 Å². The highest BCUT2D eigenvalue weighted by molar-refractivity contribution is 5.77. The van der Waals surface area contributed by atoms with Gasteiger partial charge in [-0.15, -0.1) is 0 Å². The molecule has 5 heteroatoms. The molecule has 0 heterocycles. The van der Waals surface area contributed by atoms with Crippen LogP contribution in [0.1, 0.15) is 0 Å². The molecular formula is C16H18N2O3. The maximum atomic E-state index is 11.6. The number of nitrogens with one attached hydrogen (secondary N) is 1. The maximum Gasteiger partial charge on any atom is 0.258 e. The normalized spacial score (nSPS) is 9.90. The number of anilines is 1. The van der Waals surface area contributed by atoms with Crippen LogP contribution in [0.25, 0.3) is 0 Å². The molecule has 0 fully saturated rings. The molecule has 110 valence electrons. The summed E-state index contributed by atoms with van der Waals surface area (Å²) in [6, 6.07) is 16.4. The first kappa shape index (κ1) is 14.7. The third-order valence-corrected chi connectivity index (χ3v) is 2.66. The number of hydrogen-bond acceptors (Lipinski definition) is 4. The number of para-hydroxylation sites is 1. The number of benzene rings is 2. The zero-order valence-electron chi connectivity index (χ0n) is 11.6. The number of nitrogens with two attached hydrogens (primary N) is 1. The molecule has 0 aliphatic heterocycles. The summed E-state index contributed by atoms with van der Waals surface area (Å²) < 4.78 is 10.8. The van der Waals surface area contributed by atoms with Crippen LogP contribution in [-0.4, -0.2) is 25.7 Å². The second-order valence-electron chi connectivity index (χ2n) is 4.37. The number of hydrogen-bond donors (Lipinski definition) is 2. The van der Waals surface area contributed by atoms with Crippen LogP contribution in [0.2, 0.25) is 0 Å². The molecule has 0 unspecified atom stereocenters. The topological polar surface area (TPSA) is 73.6 Å². The molecule has 3 N–H and O–H groups in total. The van der Waals surface area contributed by atoms with Crippen molar-refractivity contribution < 1.29 is 14.3 Å². The highest BCUT2D eigenvalue weighted by atomic mass is 16.5. The number of carbonyl (C=O) groups excluding carboxylic acids is 1. The van der Waals surface area contributed by atoms with Crippen LogP contribution in [0.5, 0.6) is 11.5 Å². The molecule has 0 aliphatic rings. The fraction of sp³-hybridized carbons (Fsp3) is 0.188. The Bertz CT molecular complexity index is 573. The SMILES string of the molecule is Nc1cccc(OCCNC(=O)COc2ccccc2)c1. The Morgan fingerprint density at radius 1 is 1.00 bits per heavy atom. The van der Waals surface area contributed by atoms with E-state index in [4.69, 9.17) is 15.2 Å². The average Bonchev–Trinajstić information content (AvgIpc) is 2.51. The van der Waals surface area contributed by atoms with Crippen LogP contribution in [0.3, 0.4) is 0 Å². The van der Waals surface area contributed by atoms with Crippen LogP contribution >= 0.6 is 0 Å². The van der Waals surface area contributed by atoms with Gasteiger partial charge >= 0.3 is 0 Å². The maximum absolute atomic E-state index is 11.6. The van der Waals surface area contributed by atoms with Gasteiger partial charge in [0.25, 0.3) is 5.91 Å². The predicted octanol–water partition coefficient (Wildman–Crippen LogP) is 1.84. The van der Waals surface area contributed by atoms with Crippen molar-refractivity contribution in [3.8, 4) is 11.5 Å². The summed E-state index contributed by atoms with van der Waals surface area (Å²) in [6.45, 7) is 0.772. The molecule has 0 atom stereocenters. The molecule has 0 aliphatic carbocycles. The third-order valence-electron chi connectivity index (χ3n) is 2.66. The van der Waals surface area contributed by atoms with E-state index in [1.165, 1.54) is 0 Å². The van der Waals surface area contributed by atoms with Gasteiger partial charge in [0.1, 0.15) is 18.1 Å². The number of ether oxygens (including phenoxy) is 2. The largest absolute Gasteiger partial charge is 0.492 e. The van der Waals surface area contributed by atoms with Crippen LogP contribution in [-0.2, 0) is 4.79 Å². The minimum Gasteiger partial charge on any atom is -0.492 e. The van der Waals surface area contributed by atoms with Gasteiger partial charge in [-0.25, -0.2) is 0 Å². The molecule has 0 bridgehead atoms. The van der Waals surface area contributed by atoms with Crippen molar-refractivity contribution >= 4 is 11.6 Å². The fourth-order valence-electron chi connectivity index (χ4n) is 1.68. The Kier molecular flexibility index (Phi) is 5.46. The van der Waals surface area contributed by atoms with Crippen molar-refractivity contribution in [3.05, 3.63) is 54.6 Å². The van der Waals surface area contributed by atoms with E-state index in [1.54, 1.807) is 24.3 Å². The lowest BCUT2D eigenvalue weighted by molar-refractivity contribution is -0.123. The third kappa shape index (κ3) is 5.44. The Morgan fingerprint density at radius 2 is 1.76 bits per heavy atom. The predicted molar refractivity (Wildman–Crippen MR) is 81.3 cm³/mol. The molecule has 5 nitrogen and oxygen atoms in total. The molecule has 0 radical (unpaired) electrons. The van der Waals surface area contributed by atoms with Crippen molar-refractivity contribution in [2.45, 2.75) is 0 Å².